The van der Waals surface area contributed by atoms with Crippen LogP contribution >= 0.6 is 24.4 Å². The van der Waals surface area contributed by atoms with Crippen molar-refractivity contribution in [2.24, 2.45) is 28.9 Å². The Hall–Kier alpha value is -10.9. The van der Waals surface area contributed by atoms with E-state index in [0.29, 0.717) is 0 Å². The van der Waals surface area contributed by atoms with Crippen LogP contribution in [-0.2, 0) is 91.1 Å². The zero-order valence-corrected chi connectivity index (χ0v) is 65.4. The summed E-state index contributed by atoms with van der Waals surface area (Å²) in [6.07, 6.45) is -7.52. The quantitative estimate of drug-likeness (QED) is 0.0116. The summed E-state index contributed by atoms with van der Waals surface area (Å²) in [4.78, 5) is 249. The molecule has 0 unspecified atom stereocenters. The van der Waals surface area contributed by atoms with E-state index in [-0.39, 0.29) is 69.2 Å². The van der Waals surface area contributed by atoms with E-state index in [4.69, 9.17) is 38.9 Å². The van der Waals surface area contributed by atoms with Crippen LogP contribution in [0.2, 0.25) is 0 Å². The summed E-state index contributed by atoms with van der Waals surface area (Å²) < 4.78 is 0. The molecule has 15 amide bonds. The maximum atomic E-state index is 14.2. The number of carboxylic acids is 4. The molecule has 32 N–H and O–H groups in total. The van der Waals surface area contributed by atoms with E-state index < -0.39 is 272 Å². The number of carboxylic acid groups (broad SMARTS) is 4. The van der Waals surface area contributed by atoms with Gasteiger partial charge < -0.3 is 139 Å². The monoisotopic (exact) mass is 1650 g/mol. The number of nitrogens with two attached hydrogens (primary N) is 4. The molecule has 0 heterocycles. The molecule has 16 atom stereocenters. The number of guanidine groups is 2. The van der Waals surface area contributed by atoms with Gasteiger partial charge in [-0.15, -0.1) is 0 Å². The maximum Gasteiger partial charge on any atom is 0.326 e. The number of carbonyl (C=O) groups excluding carboxylic acids is 15. The number of primary amides is 1. The van der Waals surface area contributed by atoms with Gasteiger partial charge >= 0.3 is 23.9 Å². The normalized spacial score (nSPS) is 15.2. The first kappa shape index (κ1) is 102. The van der Waals surface area contributed by atoms with Crippen molar-refractivity contribution in [2.75, 3.05) is 37.4 Å². The molecule has 47 nitrogen and oxygen atoms in total. The van der Waals surface area contributed by atoms with Crippen LogP contribution < -0.4 is 108 Å². The van der Waals surface area contributed by atoms with Gasteiger partial charge in [0.15, 0.2) is 11.9 Å². The van der Waals surface area contributed by atoms with E-state index >= 15 is 0 Å². The highest BCUT2D eigenvalue weighted by Gasteiger charge is 2.39. The zero-order valence-electron chi connectivity index (χ0n) is 63.6. The molecule has 0 aliphatic carbocycles. The van der Waals surface area contributed by atoms with Gasteiger partial charge in [-0.25, -0.2) is 4.79 Å². The molecule has 113 heavy (non-hydrogen) atoms. The molecule has 0 radical (unpaired) electrons. The Kier molecular flexibility index (Phi) is 47.9. The molecule has 0 aromatic rings. The number of hydrogen-bond acceptors (Lipinski definition) is 26. The van der Waals surface area contributed by atoms with Crippen LogP contribution in [0.5, 0.6) is 0 Å². The third-order valence-electron chi connectivity index (χ3n) is 16.0. The molecular formula is C64H110N22O25S2. The molecule has 0 aromatic heterocycles. The number of aliphatic hydroxyl groups is 2. The first-order valence-electron chi connectivity index (χ1n) is 35.4. The molecule has 0 aliphatic heterocycles. The largest absolute Gasteiger partial charge is 0.481 e. The molecule has 0 aliphatic rings. The number of thioether (sulfide) groups is 1. The predicted octanol–water partition coefficient (Wildman–Crippen LogP) is -10.6. The van der Waals surface area contributed by atoms with Gasteiger partial charge in [-0.05, 0) is 110 Å². The predicted molar refractivity (Wildman–Crippen MR) is 403 cm³/mol. The van der Waals surface area contributed by atoms with E-state index in [1.54, 1.807) is 20.1 Å². The second-order valence-corrected chi connectivity index (χ2v) is 27.7. The van der Waals surface area contributed by atoms with Crippen molar-refractivity contribution < 1.29 is 122 Å². The van der Waals surface area contributed by atoms with Crippen LogP contribution in [0.1, 0.15) is 132 Å². The minimum atomic E-state index is -2.00. The number of amides is 15. The van der Waals surface area contributed by atoms with Crippen LogP contribution in [0.15, 0.2) is 0 Å². The summed E-state index contributed by atoms with van der Waals surface area (Å²) in [6.45, 7) is 7.99. The van der Waals surface area contributed by atoms with Crippen molar-refractivity contribution in [2.45, 2.75) is 229 Å². The third-order valence-corrected chi connectivity index (χ3v) is 17.0. The minimum Gasteiger partial charge on any atom is -0.481 e. The van der Waals surface area contributed by atoms with E-state index in [9.17, 15) is 117 Å². The Balaban J connectivity index is 6.69. The van der Waals surface area contributed by atoms with Gasteiger partial charge in [0.1, 0.15) is 78.5 Å². The Bertz CT molecular complexity index is 3360. The lowest BCUT2D eigenvalue weighted by Gasteiger charge is -2.29. The van der Waals surface area contributed by atoms with Gasteiger partial charge in [-0.1, -0.05) is 13.8 Å². The van der Waals surface area contributed by atoms with Crippen LogP contribution in [0.3, 0.4) is 0 Å². The van der Waals surface area contributed by atoms with Crippen molar-refractivity contribution in [3.05, 3.63) is 0 Å². The van der Waals surface area contributed by atoms with E-state index in [1.165, 1.54) is 25.6 Å². The van der Waals surface area contributed by atoms with Crippen molar-refractivity contribution >= 4 is 149 Å². The molecule has 0 bridgehead atoms. The van der Waals surface area contributed by atoms with Gasteiger partial charge in [0.05, 0.1) is 31.2 Å². The van der Waals surface area contributed by atoms with E-state index in [2.05, 4.69) is 97.7 Å². The Morgan fingerprint density at radius 3 is 1.12 bits per heavy atom. The van der Waals surface area contributed by atoms with Crippen LogP contribution in [0.4, 0.5) is 0 Å². The molecule has 0 saturated carbocycles. The number of carbonyl (C=O) groups is 19. The fourth-order valence-electron chi connectivity index (χ4n) is 9.86. The maximum absolute atomic E-state index is 14.2. The number of nitrogens with one attached hydrogen (secondary N) is 18. The van der Waals surface area contributed by atoms with Gasteiger partial charge in [0.25, 0.3) is 0 Å². The summed E-state index contributed by atoms with van der Waals surface area (Å²) in [7, 11) is 0. The lowest BCUT2D eigenvalue weighted by Crippen LogP contribution is -2.63. The number of rotatable bonds is 56. The summed E-state index contributed by atoms with van der Waals surface area (Å²) >= 11 is 5.32. The fourth-order valence-corrected chi connectivity index (χ4v) is 10.6. The summed E-state index contributed by atoms with van der Waals surface area (Å²) in [5.41, 5.74) is 21.6. The number of thiol groups is 1. The molecule has 0 aromatic carbocycles. The van der Waals surface area contributed by atoms with Crippen molar-refractivity contribution in [1.82, 2.24) is 85.1 Å². The highest BCUT2D eigenvalue weighted by Crippen LogP contribution is 2.13. The van der Waals surface area contributed by atoms with E-state index in [0.717, 1.165) is 20.8 Å². The van der Waals surface area contributed by atoms with Crippen LogP contribution in [0, 0.1) is 16.7 Å². The molecule has 638 valence electrons. The molecule has 0 rings (SSSR count). The van der Waals surface area contributed by atoms with E-state index in [1.807, 2.05) is 0 Å². The second kappa shape index (κ2) is 53.1. The lowest BCUT2D eigenvalue weighted by molar-refractivity contribution is -0.143. The SMILES string of the molecule is CSCC[C@H](NC(=O)[C@H](CC(N)=O)NC(=O)CNC(=O)[C@H](C)NC(=O)[C@H](CCC(=O)O)NC(=O)[C@H](C)N)C(=O)N[C@@H](CCC(=O)O)C(=O)N[C@@H](C)C(=O)N[C@H](C(=O)N[C@@H](CS)C(=O)N[C@@H](CCCNC(=N)N)C(=O)N[C@H](C(=O)N[C@@H](CCC(=O)O)C(=O)N[C@@H](CC(C)C)C(=O)N[C@@H](CCCNC(=N)N)C(=O)O)[C@@H](C)O)[C@@H](C)O. The van der Waals surface area contributed by atoms with Crippen LogP contribution in [0.25, 0.3) is 0 Å². The summed E-state index contributed by atoms with van der Waals surface area (Å²) in [5.74, 6) is -24.3. The highest BCUT2D eigenvalue weighted by molar-refractivity contribution is 7.98. The fraction of sp³-hybridized carbons (Fsp3) is 0.672. The standard InChI is InChI=1S/C64H110N22O25S2/c1-27(2)23-39(57(105)82-38(62(110)111)12-10-21-72-64(69)70)83-54(102)36(15-18-46(95)96)81-60(108)48(32(7)88)86-56(104)33(11-9-20-71-63(67)68)78-59(107)41(26-112)84-61(109)47(31(6)87)85-51(99)30(5)75-53(101)35(14-17-45(93)94)79-55(103)37(19-22-113-8)80-58(106)40(24-42(66)89)76-43(90)25-73-50(98)29(4)74-52(100)34(13-16-44(91)92)77-49(97)28(3)65/h27-41,47-48,87-88,112H,9-26,65H2,1-8H3,(H2,66,89)(H,73,98)(H,74,100)(H,75,101)(H,76,90)(H,77,97)(H,78,107)(H,79,103)(H,80,106)(H,81,108)(H,82,105)(H,83,102)(H,84,109)(H,85,99)(H,86,104)(H,91,92)(H,93,94)(H,95,96)(H,110,111)(H4,67,68,71)(H4,69,70,72)/t28-,29-,30-,31+,32+,33-,34-,35-,36-,37-,38-,39-,40-,41-,47-,48-/m0/s1. The smallest absolute Gasteiger partial charge is 0.326 e. The molecule has 0 fully saturated rings. The summed E-state index contributed by atoms with van der Waals surface area (Å²) in [6, 6.07) is -23.1. The van der Waals surface area contributed by atoms with Gasteiger partial charge in [0, 0.05) is 38.1 Å². The molecule has 0 spiro atoms. The zero-order chi connectivity index (χ0) is 86.7. The minimum absolute atomic E-state index is 0.0717. The van der Waals surface area contributed by atoms with Crippen molar-refractivity contribution in [3.8, 4) is 0 Å². The number of aliphatic hydroxyl groups excluding tert-OH is 2. The Labute approximate surface area is 658 Å². The van der Waals surface area contributed by atoms with Gasteiger partial charge in [-0.2, -0.15) is 24.4 Å². The average molecular weight is 1650 g/mol. The average Bonchev–Trinajstić information content (AvgIpc) is 0.853. The first-order valence-corrected chi connectivity index (χ1v) is 37.4. The third kappa shape index (κ3) is 42.3. The lowest BCUT2D eigenvalue weighted by atomic mass is 10.0. The highest BCUT2D eigenvalue weighted by atomic mass is 32.2. The Morgan fingerprint density at radius 1 is 0.389 bits per heavy atom. The molecular weight excluding hydrogens is 1540 g/mol. The number of hydrogen-bond donors (Lipinski definition) is 29. The van der Waals surface area contributed by atoms with Crippen LogP contribution in [-0.4, -0.2) is 289 Å². The summed E-state index contributed by atoms with van der Waals surface area (Å²) in [5, 5.41) is 111. The first-order chi connectivity index (χ1) is 52.6. The van der Waals surface area contributed by atoms with Gasteiger partial charge in [0.2, 0.25) is 88.6 Å². The Morgan fingerprint density at radius 2 is 0.726 bits per heavy atom. The number of aliphatic carboxylic acids is 4. The second-order valence-electron chi connectivity index (χ2n) is 26.4. The topological polar surface area (TPSA) is 790 Å². The van der Waals surface area contributed by atoms with Crippen molar-refractivity contribution in [1.29, 1.82) is 10.8 Å². The van der Waals surface area contributed by atoms with Crippen molar-refractivity contribution in [3.63, 3.8) is 0 Å². The molecule has 0 saturated heterocycles. The van der Waals surface area contributed by atoms with Gasteiger partial charge in [-0.3, -0.25) is 97.1 Å². The molecule has 49 heteroatoms.